The maximum atomic E-state index is 9.96. The smallest absolute Gasteiger partial charge is 0.252 e. The minimum absolute atomic E-state index is 0.0784. The van der Waals surface area contributed by atoms with E-state index in [0.717, 1.165) is 16.5 Å². The molecule has 0 radical (unpaired) electrons. The number of furan rings is 2. The fourth-order valence-electron chi connectivity index (χ4n) is 13.1. The van der Waals surface area contributed by atoms with Gasteiger partial charge in [-0.3, -0.25) is 0 Å². The number of aromatic nitrogens is 1. The topological polar surface area (TPSA) is 37.7 Å². The summed E-state index contributed by atoms with van der Waals surface area (Å²) in [4.78, 5) is 4.12. The molecule has 84 heavy (non-hydrogen) atoms. The van der Waals surface area contributed by atoms with Crippen LogP contribution in [0.5, 0.6) is 0 Å². The van der Waals surface area contributed by atoms with Crippen LogP contribution in [0.25, 0.3) is 116 Å². The highest BCUT2D eigenvalue weighted by Crippen LogP contribution is 2.55. The van der Waals surface area contributed by atoms with Gasteiger partial charge in [-0.2, -0.15) is 0 Å². The molecule has 5 nitrogen and oxygen atoms in total. The van der Waals surface area contributed by atoms with Gasteiger partial charge in [0, 0.05) is 55.4 Å². The second-order valence-corrected chi connectivity index (χ2v) is 20.9. The molecule has 390 valence electrons. The van der Waals surface area contributed by atoms with Crippen molar-refractivity contribution < 1.29 is 33.5 Å². The Balaban J connectivity index is 1.11. The van der Waals surface area contributed by atoms with E-state index in [1.165, 1.54) is 4.57 Å². The standard InChI is InChI=1S/C78H48BN3O2/c1-5-21-49(22-6-1)53-38-42-66-63(45-53)79-62-41-37-54(50-23-7-2-8-24-50)46-67(62)82(78-57(52-27-11-4-12-28-52)40-44-73-75(78)61-32-16-20-36-71(61)84-73)69-48-55(80-64-33-17-13-29-58(64)59-30-14-18-34-65(59)80)47-68(76(69)79)81(66)77-56(51-25-9-3-10-26-51)39-43-72-74(77)60-31-15-19-35-70(60)83-72/h1-48H/i1D,2D,5D,6D,7D,8D,13D,14D,17D,18D,21D,22D,23D,24D,29D,30D,33D,34D. The van der Waals surface area contributed by atoms with E-state index in [1.807, 2.05) is 169 Å². The van der Waals surface area contributed by atoms with Gasteiger partial charge < -0.3 is 23.2 Å². The van der Waals surface area contributed by atoms with Crippen molar-refractivity contribution in [2.75, 3.05) is 9.80 Å². The summed E-state index contributed by atoms with van der Waals surface area (Å²) in [5, 5.41) is 2.34. The molecule has 0 N–H and O–H groups in total. The molecule has 0 atom stereocenters. The molecule has 3 aromatic heterocycles. The summed E-state index contributed by atoms with van der Waals surface area (Å²) in [6.45, 7) is -0.978. The molecule has 2 aliphatic rings. The van der Waals surface area contributed by atoms with Crippen molar-refractivity contribution in [3.63, 3.8) is 0 Å². The number of hydrogen-bond acceptors (Lipinski definition) is 4. The van der Waals surface area contributed by atoms with Gasteiger partial charge in [0.05, 0.1) is 63.5 Å². The Bertz CT molecular complexity index is 6340. The van der Waals surface area contributed by atoms with Gasteiger partial charge in [-0.15, -0.1) is 0 Å². The molecule has 0 saturated heterocycles. The normalized spacial score (nSPS) is 15.7. The zero-order valence-electron chi connectivity index (χ0n) is 62.1. The summed E-state index contributed by atoms with van der Waals surface area (Å²) in [5.74, 6) is 0. The molecule has 0 bridgehead atoms. The lowest BCUT2D eigenvalue weighted by Crippen LogP contribution is -2.61. The first-order valence-electron chi connectivity index (χ1n) is 36.4. The van der Waals surface area contributed by atoms with Crippen molar-refractivity contribution in [1.29, 1.82) is 0 Å². The average molecular weight is 1090 g/mol. The monoisotopic (exact) mass is 1090 g/mol. The summed E-state index contributed by atoms with van der Waals surface area (Å²) in [7, 11) is 0. The Hall–Kier alpha value is -11.1. The maximum Gasteiger partial charge on any atom is 0.252 e. The zero-order chi connectivity index (χ0) is 70.6. The highest BCUT2D eigenvalue weighted by molar-refractivity contribution is 7.00. The minimum Gasteiger partial charge on any atom is -0.456 e. The van der Waals surface area contributed by atoms with Gasteiger partial charge in [0.15, 0.2) is 0 Å². The van der Waals surface area contributed by atoms with E-state index in [2.05, 4.69) is 4.90 Å². The van der Waals surface area contributed by atoms with E-state index >= 15 is 0 Å². The molecule has 0 spiro atoms. The van der Waals surface area contributed by atoms with Crippen LogP contribution in [0.4, 0.5) is 34.1 Å². The molecular weight excluding hydrogens is 1020 g/mol. The zero-order valence-corrected chi connectivity index (χ0v) is 44.1. The van der Waals surface area contributed by atoms with Crippen LogP contribution in [-0.4, -0.2) is 11.3 Å². The Morgan fingerprint density at radius 2 is 0.798 bits per heavy atom. The average Bonchev–Trinajstić information content (AvgIpc) is 1.08. The second kappa shape index (κ2) is 18.2. The number of rotatable bonds is 7. The molecule has 0 unspecified atom stereocenters. The fraction of sp³-hybridized carbons (Fsp3) is 0. The highest BCUT2D eigenvalue weighted by Gasteiger charge is 2.46. The lowest BCUT2D eigenvalue weighted by atomic mass is 9.33. The van der Waals surface area contributed by atoms with E-state index in [9.17, 15) is 13.7 Å². The Morgan fingerprint density at radius 1 is 0.321 bits per heavy atom. The molecule has 2 aliphatic heterocycles. The molecule has 6 heteroatoms. The van der Waals surface area contributed by atoms with Gasteiger partial charge in [-0.25, -0.2) is 0 Å². The molecule has 0 fully saturated rings. The molecule has 0 amide bonds. The van der Waals surface area contributed by atoms with Gasteiger partial charge >= 0.3 is 0 Å². The number of nitrogens with zero attached hydrogens (tertiary/aromatic N) is 3. The van der Waals surface area contributed by atoms with Crippen molar-refractivity contribution in [3.05, 3.63) is 291 Å². The molecule has 0 aliphatic carbocycles. The Labute approximate surface area is 510 Å². The predicted molar refractivity (Wildman–Crippen MR) is 351 cm³/mol. The summed E-state index contributed by atoms with van der Waals surface area (Å²) < 4.78 is 183. The predicted octanol–water partition coefficient (Wildman–Crippen LogP) is 19.3. The van der Waals surface area contributed by atoms with Gasteiger partial charge in [-0.1, -0.05) is 218 Å². The van der Waals surface area contributed by atoms with Crippen LogP contribution in [0.3, 0.4) is 0 Å². The summed E-state index contributed by atoms with van der Waals surface area (Å²) >= 11 is 0. The number of para-hydroxylation sites is 4. The van der Waals surface area contributed by atoms with Crippen LogP contribution < -0.4 is 26.2 Å². The van der Waals surface area contributed by atoms with Crippen LogP contribution in [0, 0.1) is 0 Å². The fourth-order valence-corrected chi connectivity index (χ4v) is 13.1. The van der Waals surface area contributed by atoms with Crippen LogP contribution in [0.2, 0.25) is 0 Å². The van der Waals surface area contributed by atoms with Crippen LogP contribution in [-0.2, 0) is 0 Å². The van der Waals surface area contributed by atoms with Crippen LogP contribution >= 0.6 is 0 Å². The quantitative estimate of drug-likeness (QED) is 0.149. The van der Waals surface area contributed by atoms with Crippen LogP contribution in [0.15, 0.2) is 300 Å². The van der Waals surface area contributed by atoms with Gasteiger partial charge in [-0.05, 0) is 123 Å². The first-order chi connectivity index (χ1) is 49.2. The van der Waals surface area contributed by atoms with E-state index in [0.29, 0.717) is 100 Å². The minimum atomic E-state index is -0.978. The van der Waals surface area contributed by atoms with Gasteiger partial charge in [0.1, 0.15) is 22.3 Å². The second-order valence-electron chi connectivity index (χ2n) is 20.9. The third kappa shape index (κ3) is 6.85. The van der Waals surface area contributed by atoms with Crippen molar-refractivity contribution in [2.24, 2.45) is 0 Å². The molecular formula is C78H48BN3O2. The number of fused-ring (bicyclic) bond motifs is 13. The maximum absolute atomic E-state index is 9.96. The van der Waals surface area contributed by atoms with Crippen molar-refractivity contribution in [3.8, 4) is 50.2 Å². The van der Waals surface area contributed by atoms with Gasteiger partial charge in [0.25, 0.3) is 6.71 Å². The first-order valence-corrected chi connectivity index (χ1v) is 27.4. The number of benzene rings is 13. The SMILES string of the molecule is [2H]c1c([2H])c([2H])c(-c2ccc3c(c2)B2c4ccc(-c5c([2H])c([2H])c([2H])c([2H])c5[2H])cc4N(c4c(-c5ccccc5)ccc5oc6ccccc6c45)c4cc(-n5c6c([2H])c([2H])c([2H])c([2H])c6c6c([2H])c([2H])c([2H])c([2H])c65)cc(c42)N3c2c(-c3ccccc3)ccc3oc4ccccc4c23)c([2H])c1[2H]. The van der Waals surface area contributed by atoms with Crippen molar-refractivity contribution >= 4 is 123 Å². The summed E-state index contributed by atoms with van der Waals surface area (Å²) in [6, 6.07) is 46.7. The molecule has 5 heterocycles. The lowest BCUT2D eigenvalue weighted by Gasteiger charge is -2.45. The lowest BCUT2D eigenvalue weighted by molar-refractivity contribution is 0.668. The Morgan fingerprint density at radius 3 is 1.36 bits per heavy atom. The van der Waals surface area contributed by atoms with Gasteiger partial charge in [0.2, 0.25) is 0 Å². The molecule has 18 rings (SSSR count). The van der Waals surface area contributed by atoms with E-state index in [-0.39, 0.29) is 49.7 Å². The third-order valence-electron chi connectivity index (χ3n) is 16.6. The summed E-state index contributed by atoms with van der Waals surface area (Å²) in [5.41, 5.74) is 9.45. The van der Waals surface area contributed by atoms with E-state index in [4.69, 9.17) is 19.8 Å². The molecule has 16 aromatic rings. The van der Waals surface area contributed by atoms with Crippen molar-refractivity contribution in [2.45, 2.75) is 0 Å². The molecule has 0 saturated carbocycles. The van der Waals surface area contributed by atoms with E-state index in [1.54, 1.807) is 18.2 Å². The third-order valence-corrected chi connectivity index (χ3v) is 16.6. The largest absolute Gasteiger partial charge is 0.456 e. The Kier molecular flexibility index (Phi) is 7.02. The number of hydrogen-bond donors (Lipinski definition) is 0. The van der Waals surface area contributed by atoms with Crippen LogP contribution in [0.1, 0.15) is 24.7 Å². The van der Waals surface area contributed by atoms with E-state index < -0.39 is 115 Å². The summed E-state index contributed by atoms with van der Waals surface area (Å²) in [6.07, 6.45) is 0. The van der Waals surface area contributed by atoms with Crippen molar-refractivity contribution in [1.82, 2.24) is 4.57 Å². The molecule has 13 aromatic carbocycles. The number of anilines is 6. The highest BCUT2D eigenvalue weighted by atomic mass is 16.3. The first kappa shape index (κ1) is 32.4.